The highest BCUT2D eigenvalue weighted by Crippen LogP contribution is 2.23. The van der Waals surface area contributed by atoms with Gasteiger partial charge < -0.3 is 15.2 Å². The van der Waals surface area contributed by atoms with E-state index in [1.165, 1.54) is 13.3 Å². The predicted molar refractivity (Wildman–Crippen MR) is 42.0 cm³/mol. The molecule has 0 unspecified atom stereocenters. The zero-order valence-corrected chi connectivity index (χ0v) is 6.46. The van der Waals surface area contributed by atoms with Crippen molar-refractivity contribution in [3.8, 4) is 11.6 Å². The molecule has 1 aromatic rings. The van der Waals surface area contributed by atoms with E-state index in [0.29, 0.717) is 11.6 Å². The summed E-state index contributed by atoms with van der Waals surface area (Å²) in [4.78, 5) is 3.83. The smallest absolute Gasteiger partial charge is 0.237 e. The maximum atomic E-state index is 9.01. The van der Waals surface area contributed by atoms with Crippen molar-refractivity contribution < 1.29 is 9.84 Å². The van der Waals surface area contributed by atoms with Crippen molar-refractivity contribution in [1.29, 1.82) is 0 Å². The first-order valence-electron chi connectivity index (χ1n) is 3.18. The first kappa shape index (κ1) is 7.65. The molecular formula is C7H10N2O2. The summed E-state index contributed by atoms with van der Waals surface area (Å²) in [5, 5.41) is 11.8. The number of hydrogen-bond donors (Lipinski definition) is 2. The van der Waals surface area contributed by atoms with Gasteiger partial charge in [-0.2, -0.15) is 0 Å². The number of aromatic nitrogens is 1. The molecule has 2 N–H and O–H groups in total. The Kier molecular flexibility index (Phi) is 2.15. The second kappa shape index (κ2) is 3.09. The SMILES string of the molecule is CNc1cc(O)cnc1OC. The second-order valence-corrected chi connectivity index (χ2v) is 2.00. The van der Waals surface area contributed by atoms with Crippen LogP contribution in [0.2, 0.25) is 0 Å². The molecule has 11 heavy (non-hydrogen) atoms. The molecule has 0 atom stereocenters. The molecule has 60 valence electrons. The van der Waals surface area contributed by atoms with Crippen LogP contribution in [0.25, 0.3) is 0 Å². The van der Waals surface area contributed by atoms with Crippen LogP contribution in [0.15, 0.2) is 12.3 Å². The normalized spacial score (nSPS) is 9.27. The van der Waals surface area contributed by atoms with Crippen LogP contribution in [-0.4, -0.2) is 24.2 Å². The lowest BCUT2D eigenvalue weighted by atomic mass is 10.4. The van der Waals surface area contributed by atoms with Crippen LogP contribution in [-0.2, 0) is 0 Å². The van der Waals surface area contributed by atoms with Gasteiger partial charge in [-0.25, -0.2) is 4.98 Å². The highest BCUT2D eigenvalue weighted by Gasteiger charge is 2.01. The van der Waals surface area contributed by atoms with Gasteiger partial charge in [-0.1, -0.05) is 0 Å². The summed E-state index contributed by atoms with van der Waals surface area (Å²) in [7, 11) is 3.26. The Morgan fingerprint density at radius 1 is 1.64 bits per heavy atom. The minimum Gasteiger partial charge on any atom is -0.506 e. The molecule has 0 amide bonds. The van der Waals surface area contributed by atoms with E-state index in [4.69, 9.17) is 9.84 Å². The lowest BCUT2D eigenvalue weighted by Crippen LogP contribution is -1.95. The van der Waals surface area contributed by atoms with Gasteiger partial charge in [0, 0.05) is 13.1 Å². The van der Waals surface area contributed by atoms with E-state index in [2.05, 4.69) is 10.3 Å². The van der Waals surface area contributed by atoms with Crippen LogP contribution in [0, 0.1) is 0 Å². The zero-order chi connectivity index (χ0) is 8.27. The number of rotatable bonds is 2. The Morgan fingerprint density at radius 3 is 2.91 bits per heavy atom. The predicted octanol–water partition coefficient (Wildman–Crippen LogP) is 0.837. The Hall–Kier alpha value is -1.45. The van der Waals surface area contributed by atoms with Crippen molar-refractivity contribution in [3.63, 3.8) is 0 Å². The number of aromatic hydroxyl groups is 1. The van der Waals surface area contributed by atoms with Gasteiger partial charge in [0.1, 0.15) is 11.4 Å². The lowest BCUT2D eigenvalue weighted by molar-refractivity contribution is 0.396. The monoisotopic (exact) mass is 154 g/mol. The largest absolute Gasteiger partial charge is 0.506 e. The number of pyridine rings is 1. The van der Waals surface area contributed by atoms with Gasteiger partial charge in [0.15, 0.2) is 0 Å². The Bertz CT molecular complexity index is 250. The second-order valence-electron chi connectivity index (χ2n) is 2.00. The first-order chi connectivity index (χ1) is 5.27. The molecule has 0 aromatic carbocycles. The molecule has 0 bridgehead atoms. The lowest BCUT2D eigenvalue weighted by Gasteiger charge is -2.05. The number of hydrogen-bond acceptors (Lipinski definition) is 4. The van der Waals surface area contributed by atoms with E-state index in [-0.39, 0.29) is 5.75 Å². The van der Waals surface area contributed by atoms with Crippen LogP contribution in [0.5, 0.6) is 11.6 Å². The van der Waals surface area contributed by atoms with Crippen LogP contribution in [0.3, 0.4) is 0 Å². The van der Waals surface area contributed by atoms with Gasteiger partial charge in [0.05, 0.1) is 13.3 Å². The standard InChI is InChI=1S/C7H10N2O2/c1-8-6-3-5(10)4-9-7(6)11-2/h3-4,8,10H,1-2H3. The number of anilines is 1. The third-order valence-electron chi connectivity index (χ3n) is 1.30. The van der Waals surface area contributed by atoms with E-state index >= 15 is 0 Å². The van der Waals surface area contributed by atoms with Crippen LogP contribution >= 0.6 is 0 Å². The maximum Gasteiger partial charge on any atom is 0.237 e. The molecule has 1 aromatic heterocycles. The summed E-state index contributed by atoms with van der Waals surface area (Å²) in [6, 6.07) is 1.55. The first-order valence-corrected chi connectivity index (χ1v) is 3.18. The quantitative estimate of drug-likeness (QED) is 0.662. The van der Waals surface area contributed by atoms with Crippen LogP contribution in [0.1, 0.15) is 0 Å². The number of nitrogens with one attached hydrogen (secondary N) is 1. The fourth-order valence-electron chi connectivity index (χ4n) is 0.783. The highest BCUT2D eigenvalue weighted by molar-refractivity contribution is 5.54. The molecule has 0 radical (unpaired) electrons. The van der Waals surface area contributed by atoms with Crippen molar-refractivity contribution in [2.24, 2.45) is 0 Å². The third kappa shape index (κ3) is 1.52. The summed E-state index contributed by atoms with van der Waals surface area (Å²) in [6.07, 6.45) is 1.33. The number of ether oxygens (including phenoxy) is 1. The van der Waals surface area contributed by atoms with E-state index in [1.807, 2.05) is 0 Å². The highest BCUT2D eigenvalue weighted by atomic mass is 16.5. The van der Waals surface area contributed by atoms with E-state index in [0.717, 1.165) is 0 Å². The van der Waals surface area contributed by atoms with Crippen molar-refractivity contribution in [1.82, 2.24) is 4.98 Å². The molecule has 0 aliphatic heterocycles. The van der Waals surface area contributed by atoms with Crippen molar-refractivity contribution in [3.05, 3.63) is 12.3 Å². The summed E-state index contributed by atoms with van der Waals surface area (Å²) < 4.78 is 4.91. The molecule has 4 heteroatoms. The van der Waals surface area contributed by atoms with Gasteiger partial charge in [0.25, 0.3) is 0 Å². The topological polar surface area (TPSA) is 54.4 Å². The number of methoxy groups -OCH3 is 1. The molecule has 1 heterocycles. The van der Waals surface area contributed by atoms with E-state index in [9.17, 15) is 0 Å². The molecule has 0 aliphatic rings. The average Bonchev–Trinajstić information content (AvgIpc) is 2.04. The summed E-state index contributed by atoms with van der Waals surface area (Å²) in [6.45, 7) is 0. The van der Waals surface area contributed by atoms with Gasteiger partial charge >= 0.3 is 0 Å². The minimum absolute atomic E-state index is 0.121. The molecule has 0 saturated heterocycles. The van der Waals surface area contributed by atoms with Crippen molar-refractivity contribution >= 4 is 5.69 Å². The molecule has 0 saturated carbocycles. The molecule has 0 fully saturated rings. The Morgan fingerprint density at radius 2 is 2.36 bits per heavy atom. The number of nitrogens with zero attached hydrogens (tertiary/aromatic N) is 1. The van der Waals surface area contributed by atoms with E-state index < -0.39 is 0 Å². The molecular weight excluding hydrogens is 144 g/mol. The fraction of sp³-hybridized carbons (Fsp3) is 0.286. The molecule has 0 spiro atoms. The summed E-state index contributed by atoms with van der Waals surface area (Å²) in [5.74, 6) is 0.598. The van der Waals surface area contributed by atoms with Gasteiger partial charge in [0.2, 0.25) is 5.88 Å². The third-order valence-corrected chi connectivity index (χ3v) is 1.30. The molecule has 4 nitrogen and oxygen atoms in total. The van der Waals surface area contributed by atoms with Crippen molar-refractivity contribution in [2.75, 3.05) is 19.5 Å². The molecule has 1 rings (SSSR count). The van der Waals surface area contributed by atoms with E-state index in [1.54, 1.807) is 13.1 Å². The minimum atomic E-state index is 0.121. The van der Waals surface area contributed by atoms with Gasteiger partial charge in [-0.05, 0) is 0 Å². The Labute approximate surface area is 64.8 Å². The maximum absolute atomic E-state index is 9.01. The molecule has 0 aliphatic carbocycles. The summed E-state index contributed by atoms with van der Waals surface area (Å²) >= 11 is 0. The zero-order valence-electron chi connectivity index (χ0n) is 6.46. The fourth-order valence-corrected chi connectivity index (χ4v) is 0.783. The summed E-state index contributed by atoms with van der Waals surface area (Å²) in [5.41, 5.74) is 0.674. The van der Waals surface area contributed by atoms with Gasteiger partial charge in [-0.3, -0.25) is 0 Å². The van der Waals surface area contributed by atoms with Crippen LogP contribution in [0.4, 0.5) is 5.69 Å². The van der Waals surface area contributed by atoms with Crippen molar-refractivity contribution in [2.45, 2.75) is 0 Å². The Balaban J connectivity index is 3.06. The van der Waals surface area contributed by atoms with Crippen LogP contribution < -0.4 is 10.1 Å². The van der Waals surface area contributed by atoms with Gasteiger partial charge in [-0.15, -0.1) is 0 Å². The average molecular weight is 154 g/mol.